The van der Waals surface area contributed by atoms with E-state index in [1.165, 1.54) is 34.2 Å². The number of amides is 1. The maximum absolute atomic E-state index is 13.1. The van der Waals surface area contributed by atoms with Gasteiger partial charge in [-0.2, -0.15) is 0 Å². The molecule has 33 heavy (non-hydrogen) atoms. The number of fused-ring (bicyclic) bond motifs is 4. The van der Waals surface area contributed by atoms with Gasteiger partial charge in [0.25, 0.3) is 5.56 Å². The highest BCUT2D eigenvalue weighted by molar-refractivity contribution is 7.99. The number of hydrogen-bond acceptors (Lipinski definition) is 7. The highest BCUT2D eigenvalue weighted by atomic mass is 32.2. The SMILES string of the molecule is O=C(CSc1nnc2n(C[C@@H]3CCCO3)c(=O)c3sccc3n12)N1CCc2ccccc2C1. The topological polar surface area (TPSA) is 81.7 Å². The number of hydrogen-bond donors (Lipinski definition) is 0. The van der Waals surface area contributed by atoms with Crippen LogP contribution in [0.25, 0.3) is 16.0 Å². The molecule has 170 valence electrons. The maximum Gasteiger partial charge on any atom is 0.272 e. The summed E-state index contributed by atoms with van der Waals surface area (Å²) in [4.78, 5) is 28.0. The average molecular weight is 482 g/mol. The number of thioether (sulfide) groups is 1. The number of nitrogens with zero attached hydrogens (tertiary/aromatic N) is 5. The zero-order chi connectivity index (χ0) is 22.4. The molecule has 4 aromatic rings. The number of benzene rings is 1. The van der Waals surface area contributed by atoms with E-state index in [9.17, 15) is 9.59 Å². The lowest BCUT2D eigenvalue weighted by atomic mass is 10.00. The van der Waals surface area contributed by atoms with Crippen molar-refractivity contribution in [3.05, 3.63) is 57.2 Å². The molecular weight excluding hydrogens is 458 g/mol. The van der Waals surface area contributed by atoms with Crippen molar-refractivity contribution in [3.8, 4) is 0 Å². The number of carbonyl (C=O) groups is 1. The summed E-state index contributed by atoms with van der Waals surface area (Å²) in [5, 5.41) is 11.2. The van der Waals surface area contributed by atoms with E-state index in [2.05, 4.69) is 22.3 Å². The van der Waals surface area contributed by atoms with Crippen LogP contribution >= 0.6 is 23.1 Å². The maximum atomic E-state index is 13.1. The minimum absolute atomic E-state index is 0.0141. The molecule has 0 aliphatic carbocycles. The van der Waals surface area contributed by atoms with Gasteiger partial charge in [0.05, 0.1) is 23.9 Å². The predicted octanol–water partition coefficient (Wildman–Crippen LogP) is 2.96. The lowest BCUT2D eigenvalue weighted by Crippen LogP contribution is -2.37. The van der Waals surface area contributed by atoms with Gasteiger partial charge in [-0.3, -0.25) is 18.6 Å². The zero-order valence-corrected chi connectivity index (χ0v) is 19.6. The molecule has 0 unspecified atom stereocenters. The first kappa shape index (κ1) is 20.9. The lowest BCUT2D eigenvalue weighted by molar-refractivity contribution is -0.129. The second kappa shape index (κ2) is 8.58. The molecule has 1 atom stereocenters. The first-order valence-corrected chi connectivity index (χ1v) is 13.0. The van der Waals surface area contributed by atoms with Crippen LogP contribution in [0.3, 0.4) is 0 Å². The molecule has 2 aliphatic heterocycles. The van der Waals surface area contributed by atoms with Crippen LogP contribution in [0, 0.1) is 0 Å². The van der Waals surface area contributed by atoms with Gasteiger partial charge in [-0.1, -0.05) is 36.0 Å². The predicted molar refractivity (Wildman–Crippen MR) is 128 cm³/mol. The van der Waals surface area contributed by atoms with Gasteiger partial charge in [0.1, 0.15) is 4.70 Å². The molecule has 8 nitrogen and oxygen atoms in total. The van der Waals surface area contributed by atoms with Gasteiger partial charge in [0.15, 0.2) is 5.16 Å². The molecule has 0 N–H and O–H groups in total. The molecule has 0 spiro atoms. The summed E-state index contributed by atoms with van der Waals surface area (Å²) in [6.07, 6.45) is 2.84. The molecule has 0 saturated carbocycles. The number of ether oxygens (including phenoxy) is 1. The Balaban J connectivity index is 1.27. The highest BCUT2D eigenvalue weighted by Gasteiger charge is 2.24. The van der Waals surface area contributed by atoms with E-state index < -0.39 is 0 Å². The Hall–Kier alpha value is -2.69. The standard InChI is InChI=1S/C23H23N5O3S2/c29-19(26-9-7-15-4-1-2-5-16(15)12-26)14-33-23-25-24-22-27(13-17-6-3-10-31-17)21(30)20-18(28(22)23)8-11-32-20/h1-2,4-5,8,11,17H,3,6-7,9-10,12-14H2/t17-/m0/s1. The number of thiophene rings is 1. The lowest BCUT2D eigenvalue weighted by Gasteiger charge is -2.28. The smallest absolute Gasteiger partial charge is 0.272 e. The Bertz CT molecular complexity index is 1400. The fourth-order valence-corrected chi connectivity index (χ4v) is 6.34. The van der Waals surface area contributed by atoms with Crippen molar-refractivity contribution in [2.24, 2.45) is 0 Å². The van der Waals surface area contributed by atoms with Crippen molar-refractivity contribution < 1.29 is 9.53 Å². The second-order valence-electron chi connectivity index (χ2n) is 8.43. The molecule has 5 heterocycles. The van der Waals surface area contributed by atoms with E-state index in [0.29, 0.717) is 28.7 Å². The van der Waals surface area contributed by atoms with Crippen molar-refractivity contribution in [1.82, 2.24) is 24.1 Å². The fourth-order valence-electron chi connectivity index (χ4n) is 4.68. The van der Waals surface area contributed by atoms with Gasteiger partial charge in [0, 0.05) is 19.7 Å². The fraction of sp³-hybridized carbons (Fsp3) is 0.391. The molecule has 10 heteroatoms. The second-order valence-corrected chi connectivity index (χ2v) is 10.3. The summed E-state index contributed by atoms with van der Waals surface area (Å²) >= 11 is 2.79. The van der Waals surface area contributed by atoms with E-state index in [-0.39, 0.29) is 23.3 Å². The number of carbonyl (C=O) groups excluding carboxylic acids is 1. The summed E-state index contributed by atoms with van der Waals surface area (Å²) < 4.78 is 10.0. The van der Waals surface area contributed by atoms with Crippen LogP contribution in [0.2, 0.25) is 0 Å². The third kappa shape index (κ3) is 3.75. The van der Waals surface area contributed by atoms with Gasteiger partial charge in [-0.15, -0.1) is 21.5 Å². The average Bonchev–Trinajstić information content (AvgIpc) is 3.60. The Morgan fingerprint density at radius 1 is 1.21 bits per heavy atom. The molecule has 6 rings (SSSR count). The first-order valence-electron chi connectivity index (χ1n) is 11.1. The van der Waals surface area contributed by atoms with Gasteiger partial charge in [0.2, 0.25) is 11.7 Å². The van der Waals surface area contributed by atoms with E-state index in [1.54, 1.807) is 4.57 Å². The van der Waals surface area contributed by atoms with Crippen LogP contribution in [-0.2, 0) is 29.0 Å². The molecule has 0 bridgehead atoms. The molecule has 2 aliphatic rings. The third-order valence-corrected chi connectivity index (χ3v) is 8.21. The molecule has 1 fully saturated rings. The van der Waals surface area contributed by atoms with Gasteiger partial charge in [-0.05, 0) is 41.8 Å². The summed E-state index contributed by atoms with van der Waals surface area (Å²) in [7, 11) is 0. The van der Waals surface area contributed by atoms with E-state index in [4.69, 9.17) is 4.74 Å². The zero-order valence-electron chi connectivity index (χ0n) is 18.0. The Morgan fingerprint density at radius 2 is 2.09 bits per heavy atom. The third-order valence-electron chi connectivity index (χ3n) is 6.40. The van der Waals surface area contributed by atoms with Gasteiger partial charge in [-0.25, -0.2) is 0 Å². The van der Waals surface area contributed by atoms with E-state index in [0.717, 1.165) is 37.9 Å². The van der Waals surface area contributed by atoms with Crippen molar-refractivity contribution in [1.29, 1.82) is 0 Å². The van der Waals surface area contributed by atoms with Crippen LogP contribution in [-0.4, -0.2) is 55.0 Å². The Labute approximate surface area is 198 Å². The van der Waals surface area contributed by atoms with Crippen LogP contribution in [0.5, 0.6) is 0 Å². The molecule has 3 aromatic heterocycles. The van der Waals surface area contributed by atoms with Crippen LogP contribution in [0.4, 0.5) is 0 Å². The monoisotopic (exact) mass is 481 g/mol. The van der Waals surface area contributed by atoms with Crippen molar-refractivity contribution in [3.63, 3.8) is 0 Å². The van der Waals surface area contributed by atoms with Gasteiger partial charge >= 0.3 is 0 Å². The molecule has 0 radical (unpaired) electrons. The Morgan fingerprint density at radius 3 is 2.94 bits per heavy atom. The number of aromatic nitrogens is 4. The Kier molecular flexibility index (Phi) is 5.43. The van der Waals surface area contributed by atoms with E-state index >= 15 is 0 Å². The molecular formula is C23H23N5O3S2. The first-order chi connectivity index (χ1) is 16.2. The molecule has 1 saturated heterocycles. The van der Waals surface area contributed by atoms with Gasteiger partial charge < -0.3 is 9.64 Å². The van der Waals surface area contributed by atoms with Crippen LogP contribution in [0.1, 0.15) is 24.0 Å². The minimum atomic E-state index is -0.0602. The van der Waals surface area contributed by atoms with Crippen molar-refractivity contribution >= 4 is 45.0 Å². The summed E-state index contributed by atoms with van der Waals surface area (Å²) in [6, 6.07) is 10.2. The highest BCUT2D eigenvalue weighted by Crippen LogP contribution is 2.26. The normalized spacial score (nSPS) is 18.3. The van der Waals surface area contributed by atoms with Crippen LogP contribution in [0.15, 0.2) is 45.7 Å². The number of rotatable bonds is 5. The quantitative estimate of drug-likeness (QED) is 0.408. The molecule has 1 amide bonds. The summed E-state index contributed by atoms with van der Waals surface area (Å²) in [5.74, 6) is 0.864. The summed E-state index contributed by atoms with van der Waals surface area (Å²) in [5.41, 5.74) is 3.26. The largest absolute Gasteiger partial charge is 0.376 e. The minimum Gasteiger partial charge on any atom is -0.376 e. The molecule has 1 aromatic carbocycles. The van der Waals surface area contributed by atoms with Crippen molar-refractivity contribution in [2.75, 3.05) is 18.9 Å². The van der Waals surface area contributed by atoms with Crippen LogP contribution < -0.4 is 5.56 Å². The van der Waals surface area contributed by atoms with Crippen molar-refractivity contribution in [2.45, 2.75) is 43.6 Å². The van der Waals surface area contributed by atoms with E-state index in [1.807, 2.05) is 32.9 Å². The summed E-state index contributed by atoms with van der Waals surface area (Å²) in [6.45, 7) is 2.57.